The summed E-state index contributed by atoms with van der Waals surface area (Å²) in [6, 6.07) is 11.8. The number of pyridine rings is 1. The molecular weight excluding hydrogens is 326 g/mol. The number of benzene rings is 1. The molecule has 3 aromatic rings. The van der Waals surface area contributed by atoms with Gasteiger partial charge >= 0.3 is 0 Å². The topological polar surface area (TPSA) is 59.2 Å². The summed E-state index contributed by atoms with van der Waals surface area (Å²) in [4.78, 5) is 23.8. The van der Waals surface area contributed by atoms with Gasteiger partial charge in [-0.25, -0.2) is 4.98 Å². The Kier molecular flexibility index (Phi) is 4.45. The minimum atomic E-state index is 0.163. The molecule has 134 valence electrons. The maximum atomic E-state index is 12.8. The molecular formula is C21H23N3O2. The molecule has 0 N–H and O–H groups in total. The minimum absolute atomic E-state index is 0.163. The van der Waals surface area contributed by atoms with Crippen molar-refractivity contribution < 1.29 is 9.21 Å². The molecule has 1 fully saturated rings. The number of para-hydroxylation sites is 2. The standard InChI is InChI=1S/C21H23N3O2/c1-14-10-16(11-15(2)22-14)12-20(25)24-9-5-6-17(13-24)21-23-18-7-3-4-8-19(18)26-21/h3-4,7-8,10-11,17H,5-6,9,12-13H2,1-2H3. The minimum Gasteiger partial charge on any atom is -0.440 e. The molecule has 1 aliphatic heterocycles. The van der Waals surface area contributed by atoms with Crippen LogP contribution in [0.5, 0.6) is 0 Å². The lowest BCUT2D eigenvalue weighted by atomic mass is 9.97. The third kappa shape index (κ3) is 3.47. The fraction of sp³-hybridized carbons (Fsp3) is 0.381. The van der Waals surface area contributed by atoms with Crippen molar-refractivity contribution in [1.29, 1.82) is 0 Å². The lowest BCUT2D eigenvalue weighted by molar-refractivity contribution is -0.131. The van der Waals surface area contributed by atoms with Crippen molar-refractivity contribution in [2.75, 3.05) is 13.1 Å². The van der Waals surface area contributed by atoms with Crippen molar-refractivity contribution in [2.45, 2.75) is 39.0 Å². The Balaban J connectivity index is 1.48. The van der Waals surface area contributed by atoms with Crippen molar-refractivity contribution in [2.24, 2.45) is 0 Å². The van der Waals surface area contributed by atoms with Crippen LogP contribution in [0.2, 0.25) is 0 Å². The molecule has 1 aromatic carbocycles. The number of carbonyl (C=O) groups is 1. The van der Waals surface area contributed by atoms with Crippen LogP contribution in [0.1, 0.15) is 41.6 Å². The van der Waals surface area contributed by atoms with Gasteiger partial charge in [-0.1, -0.05) is 12.1 Å². The molecule has 0 saturated carbocycles. The Morgan fingerprint density at radius 2 is 1.96 bits per heavy atom. The second-order valence-electron chi connectivity index (χ2n) is 7.13. The molecule has 4 rings (SSSR count). The van der Waals surface area contributed by atoms with Crippen molar-refractivity contribution in [3.8, 4) is 0 Å². The highest BCUT2D eigenvalue weighted by molar-refractivity contribution is 5.79. The van der Waals surface area contributed by atoms with Gasteiger partial charge in [0.1, 0.15) is 5.52 Å². The van der Waals surface area contributed by atoms with Gasteiger partial charge < -0.3 is 9.32 Å². The molecule has 0 radical (unpaired) electrons. The predicted octanol–water partition coefficient (Wildman–Crippen LogP) is 3.79. The Labute approximate surface area is 153 Å². The number of amides is 1. The highest BCUT2D eigenvalue weighted by Gasteiger charge is 2.28. The normalized spacial score (nSPS) is 17.6. The summed E-state index contributed by atoms with van der Waals surface area (Å²) in [6.45, 7) is 5.41. The number of aryl methyl sites for hydroxylation is 2. The second-order valence-corrected chi connectivity index (χ2v) is 7.13. The molecule has 5 heteroatoms. The molecule has 0 aliphatic carbocycles. The molecule has 1 atom stereocenters. The predicted molar refractivity (Wildman–Crippen MR) is 100.0 cm³/mol. The van der Waals surface area contributed by atoms with Gasteiger partial charge in [0.05, 0.1) is 12.3 Å². The maximum Gasteiger partial charge on any atom is 0.227 e. The van der Waals surface area contributed by atoms with Crippen molar-refractivity contribution in [3.05, 3.63) is 59.2 Å². The molecule has 3 heterocycles. The van der Waals surface area contributed by atoms with E-state index in [0.29, 0.717) is 13.0 Å². The summed E-state index contributed by atoms with van der Waals surface area (Å²) in [5.74, 6) is 1.08. The number of aromatic nitrogens is 2. The number of carbonyl (C=O) groups excluding carboxylic acids is 1. The highest BCUT2D eigenvalue weighted by atomic mass is 16.3. The van der Waals surface area contributed by atoms with E-state index in [-0.39, 0.29) is 11.8 Å². The first-order chi connectivity index (χ1) is 12.6. The molecule has 0 spiro atoms. The van der Waals surface area contributed by atoms with Gasteiger partial charge in [0, 0.05) is 24.5 Å². The molecule has 1 amide bonds. The summed E-state index contributed by atoms with van der Waals surface area (Å²) in [6.07, 6.45) is 2.40. The quantitative estimate of drug-likeness (QED) is 0.722. The molecule has 1 unspecified atom stereocenters. The first-order valence-electron chi connectivity index (χ1n) is 9.16. The molecule has 2 aromatic heterocycles. The van der Waals surface area contributed by atoms with E-state index in [1.54, 1.807) is 0 Å². The largest absolute Gasteiger partial charge is 0.440 e. The summed E-state index contributed by atoms with van der Waals surface area (Å²) in [5.41, 5.74) is 4.64. The number of piperidine rings is 1. The van der Waals surface area contributed by atoms with Crippen LogP contribution in [0.25, 0.3) is 11.1 Å². The van der Waals surface area contributed by atoms with Gasteiger partial charge in [-0.2, -0.15) is 0 Å². The Morgan fingerprint density at radius 3 is 2.73 bits per heavy atom. The van der Waals surface area contributed by atoms with E-state index < -0.39 is 0 Å². The average Bonchev–Trinajstić information content (AvgIpc) is 3.05. The van der Waals surface area contributed by atoms with E-state index in [2.05, 4.69) is 9.97 Å². The van der Waals surface area contributed by atoms with Crippen LogP contribution in [0, 0.1) is 13.8 Å². The zero-order chi connectivity index (χ0) is 18.1. The van der Waals surface area contributed by atoms with Gasteiger partial charge in [-0.15, -0.1) is 0 Å². The first-order valence-corrected chi connectivity index (χ1v) is 9.16. The van der Waals surface area contributed by atoms with Gasteiger partial charge in [0.15, 0.2) is 11.5 Å². The summed E-state index contributed by atoms with van der Waals surface area (Å²) < 4.78 is 5.93. The molecule has 1 aliphatic rings. The smallest absolute Gasteiger partial charge is 0.227 e. The Morgan fingerprint density at radius 1 is 1.19 bits per heavy atom. The van der Waals surface area contributed by atoms with E-state index >= 15 is 0 Å². The van der Waals surface area contributed by atoms with Crippen LogP contribution in [-0.2, 0) is 11.2 Å². The van der Waals surface area contributed by atoms with E-state index in [0.717, 1.165) is 53.3 Å². The lowest BCUT2D eigenvalue weighted by Gasteiger charge is -2.31. The monoisotopic (exact) mass is 349 g/mol. The molecule has 26 heavy (non-hydrogen) atoms. The summed E-state index contributed by atoms with van der Waals surface area (Å²) in [7, 11) is 0. The second kappa shape index (κ2) is 6.90. The number of fused-ring (bicyclic) bond motifs is 1. The Hall–Kier alpha value is -2.69. The third-order valence-corrected chi connectivity index (χ3v) is 4.93. The molecule has 5 nitrogen and oxygen atoms in total. The van der Waals surface area contributed by atoms with Crippen molar-refractivity contribution in [3.63, 3.8) is 0 Å². The van der Waals surface area contributed by atoms with Gasteiger partial charge in [-0.05, 0) is 56.5 Å². The SMILES string of the molecule is Cc1cc(CC(=O)N2CCCC(c3nc4ccccc4o3)C2)cc(C)n1. The average molecular weight is 349 g/mol. The lowest BCUT2D eigenvalue weighted by Crippen LogP contribution is -2.40. The number of oxazole rings is 1. The highest BCUT2D eigenvalue weighted by Crippen LogP contribution is 2.29. The zero-order valence-corrected chi connectivity index (χ0v) is 15.2. The van der Waals surface area contributed by atoms with E-state index in [4.69, 9.17) is 4.42 Å². The van der Waals surface area contributed by atoms with Gasteiger partial charge in [0.2, 0.25) is 5.91 Å². The fourth-order valence-corrected chi connectivity index (χ4v) is 3.78. The molecule has 0 bridgehead atoms. The van der Waals surface area contributed by atoms with E-state index in [1.807, 2.05) is 55.1 Å². The zero-order valence-electron chi connectivity index (χ0n) is 15.2. The van der Waals surface area contributed by atoms with Crippen molar-refractivity contribution in [1.82, 2.24) is 14.9 Å². The first kappa shape index (κ1) is 16.8. The van der Waals surface area contributed by atoms with Crippen molar-refractivity contribution >= 4 is 17.0 Å². The fourth-order valence-electron chi connectivity index (χ4n) is 3.78. The van der Waals surface area contributed by atoms with E-state index in [1.165, 1.54) is 0 Å². The summed E-state index contributed by atoms with van der Waals surface area (Å²) in [5, 5.41) is 0. The Bertz CT molecular complexity index is 894. The third-order valence-electron chi connectivity index (χ3n) is 4.93. The number of rotatable bonds is 3. The van der Waals surface area contributed by atoms with Crippen LogP contribution in [-0.4, -0.2) is 33.9 Å². The number of hydrogen-bond acceptors (Lipinski definition) is 4. The van der Waals surface area contributed by atoms with Crippen LogP contribution >= 0.6 is 0 Å². The summed E-state index contributed by atoms with van der Waals surface area (Å²) >= 11 is 0. The van der Waals surface area contributed by atoms with Gasteiger partial charge in [-0.3, -0.25) is 9.78 Å². The molecule has 1 saturated heterocycles. The van der Waals surface area contributed by atoms with Crippen LogP contribution in [0.4, 0.5) is 0 Å². The van der Waals surface area contributed by atoms with E-state index in [9.17, 15) is 4.79 Å². The number of nitrogens with zero attached hydrogens (tertiary/aromatic N) is 3. The van der Waals surface area contributed by atoms with Crippen LogP contribution in [0.15, 0.2) is 40.8 Å². The van der Waals surface area contributed by atoms with Gasteiger partial charge in [0.25, 0.3) is 0 Å². The van der Waals surface area contributed by atoms with Crippen LogP contribution < -0.4 is 0 Å². The van der Waals surface area contributed by atoms with Crippen LogP contribution in [0.3, 0.4) is 0 Å². The maximum absolute atomic E-state index is 12.8. The number of likely N-dealkylation sites (tertiary alicyclic amines) is 1. The number of hydrogen-bond donors (Lipinski definition) is 0.